The third-order valence-electron chi connectivity index (χ3n) is 3.83. The Bertz CT molecular complexity index is 444. The number of benzene rings is 1. The topological polar surface area (TPSA) is 49.8 Å². The fourth-order valence-electron chi connectivity index (χ4n) is 2.80. The third-order valence-corrected chi connectivity index (χ3v) is 3.83. The number of ether oxygens (including phenoxy) is 1. The van der Waals surface area contributed by atoms with Crippen molar-refractivity contribution >= 4 is 5.97 Å². The zero-order valence-electron chi connectivity index (χ0n) is 12.2. The lowest BCUT2D eigenvalue weighted by Gasteiger charge is -2.32. The molecule has 0 radical (unpaired) electrons. The second kappa shape index (κ2) is 6.37. The summed E-state index contributed by atoms with van der Waals surface area (Å²) >= 11 is 0. The second-order valence-electron chi connectivity index (χ2n) is 5.52. The van der Waals surface area contributed by atoms with Gasteiger partial charge in [-0.05, 0) is 38.8 Å². The van der Waals surface area contributed by atoms with Gasteiger partial charge in [0.05, 0.1) is 12.2 Å². The van der Waals surface area contributed by atoms with E-state index < -0.39 is 5.60 Å². The lowest BCUT2D eigenvalue weighted by Crippen LogP contribution is -2.45. The molecule has 110 valence electrons. The average Bonchev–Trinajstić information content (AvgIpc) is 2.87. The summed E-state index contributed by atoms with van der Waals surface area (Å²) in [6, 6.07) is 9.36. The highest BCUT2D eigenvalue weighted by molar-refractivity contribution is 5.76. The van der Waals surface area contributed by atoms with Crippen LogP contribution in [0.1, 0.15) is 32.3 Å². The predicted molar refractivity (Wildman–Crippen MR) is 77.2 cm³/mol. The van der Waals surface area contributed by atoms with E-state index in [0.29, 0.717) is 13.2 Å². The number of likely N-dealkylation sites (tertiary alicyclic amines) is 1. The molecule has 20 heavy (non-hydrogen) atoms. The van der Waals surface area contributed by atoms with E-state index in [9.17, 15) is 9.90 Å². The molecular formula is C16H23NO3. The minimum absolute atomic E-state index is 0.172. The molecule has 0 aromatic heterocycles. The van der Waals surface area contributed by atoms with Gasteiger partial charge in [0.2, 0.25) is 0 Å². The Morgan fingerprint density at radius 1 is 1.45 bits per heavy atom. The summed E-state index contributed by atoms with van der Waals surface area (Å²) in [6.45, 7) is 5.28. The first kappa shape index (κ1) is 15.0. The number of carbonyl (C=O) groups excluding carboxylic acids is 1. The lowest BCUT2D eigenvalue weighted by molar-refractivity contribution is -0.149. The molecule has 1 aromatic rings. The fraction of sp³-hybridized carbons (Fsp3) is 0.562. The first-order valence-electron chi connectivity index (χ1n) is 7.23. The Hall–Kier alpha value is -1.39. The van der Waals surface area contributed by atoms with E-state index in [4.69, 9.17) is 4.74 Å². The summed E-state index contributed by atoms with van der Waals surface area (Å²) in [5, 5.41) is 10.7. The number of hydrogen-bond acceptors (Lipinski definition) is 4. The summed E-state index contributed by atoms with van der Waals surface area (Å²) in [6.07, 6.45) is 1.78. The summed E-state index contributed by atoms with van der Waals surface area (Å²) in [7, 11) is 0. The van der Waals surface area contributed by atoms with Gasteiger partial charge in [0, 0.05) is 6.54 Å². The average molecular weight is 277 g/mol. The monoisotopic (exact) mass is 277 g/mol. The van der Waals surface area contributed by atoms with Crippen molar-refractivity contribution in [3.8, 4) is 0 Å². The van der Waals surface area contributed by atoms with Crippen LogP contribution in [0.4, 0.5) is 0 Å². The Morgan fingerprint density at radius 2 is 2.15 bits per heavy atom. The van der Waals surface area contributed by atoms with Crippen LogP contribution in [-0.2, 0) is 15.1 Å². The van der Waals surface area contributed by atoms with Crippen LogP contribution in [0.5, 0.6) is 0 Å². The van der Waals surface area contributed by atoms with Crippen LogP contribution in [-0.4, -0.2) is 41.7 Å². The predicted octanol–water partition coefficient (Wildman–Crippen LogP) is 1.92. The Morgan fingerprint density at radius 3 is 2.80 bits per heavy atom. The summed E-state index contributed by atoms with van der Waals surface area (Å²) < 4.78 is 5.11. The quantitative estimate of drug-likeness (QED) is 0.835. The van der Waals surface area contributed by atoms with Crippen molar-refractivity contribution in [2.75, 3.05) is 19.7 Å². The smallest absolute Gasteiger partial charge is 0.323 e. The molecule has 0 amide bonds. The van der Waals surface area contributed by atoms with Crippen LogP contribution < -0.4 is 0 Å². The Kier molecular flexibility index (Phi) is 4.78. The van der Waals surface area contributed by atoms with Gasteiger partial charge in [-0.15, -0.1) is 0 Å². The molecule has 0 saturated carbocycles. The highest BCUT2D eigenvalue weighted by Crippen LogP contribution is 2.26. The number of aliphatic hydroxyl groups is 1. The molecule has 2 rings (SSSR count). The maximum atomic E-state index is 11.9. The van der Waals surface area contributed by atoms with Gasteiger partial charge in [0.1, 0.15) is 6.04 Å². The van der Waals surface area contributed by atoms with Crippen molar-refractivity contribution in [2.24, 2.45) is 0 Å². The van der Waals surface area contributed by atoms with E-state index in [1.807, 2.05) is 42.2 Å². The molecule has 4 nitrogen and oxygen atoms in total. The van der Waals surface area contributed by atoms with Gasteiger partial charge in [-0.2, -0.15) is 0 Å². The van der Waals surface area contributed by atoms with E-state index in [1.165, 1.54) is 0 Å². The Labute approximate surface area is 120 Å². The molecule has 2 atom stereocenters. The number of esters is 1. The van der Waals surface area contributed by atoms with Crippen LogP contribution >= 0.6 is 0 Å². The zero-order chi connectivity index (χ0) is 14.6. The van der Waals surface area contributed by atoms with E-state index in [1.54, 1.807) is 6.92 Å². The highest BCUT2D eigenvalue weighted by Gasteiger charge is 2.36. The second-order valence-corrected chi connectivity index (χ2v) is 5.52. The largest absolute Gasteiger partial charge is 0.465 e. The molecule has 1 aliphatic rings. The van der Waals surface area contributed by atoms with Gasteiger partial charge in [-0.3, -0.25) is 9.69 Å². The van der Waals surface area contributed by atoms with Gasteiger partial charge in [0.25, 0.3) is 0 Å². The first-order valence-corrected chi connectivity index (χ1v) is 7.23. The van der Waals surface area contributed by atoms with Gasteiger partial charge < -0.3 is 9.84 Å². The van der Waals surface area contributed by atoms with Crippen LogP contribution in [0.3, 0.4) is 0 Å². The van der Waals surface area contributed by atoms with Gasteiger partial charge >= 0.3 is 5.97 Å². The molecular weight excluding hydrogens is 254 g/mol. The SMILES string of the molecule is CCOC(=O)C1CCCN1CC(C)(O)c1ccccc1. The minimum Gasteiger partial charge on any atom is -0.465 e. The number of β-amino-alcohol motifs (C(OH)–C–C–N with tert-alkyl or cyclic N) is 1. The molecule has 4 heteroatoms. The van der Waals surface area contributed by atoms with Crippen LogP contribution in [0.25, 0.3) is 0 Å². The van der Waals surface area contributed by atoms with Crippen LogP contribution in [0.15, 0.2) is 30.3 Å². The molecule has 2 unspecified atom stereocenters. The summed E-state index contributed by atoms with van der Waals surface area (Å²) in [5.41, 5.74) is -0.0920. The van der Waals surface area contributed by atoms with Gasteiger partial charge in [0.15, 0.2) is 0 Å². The molecule has 1 saturated heterocycles. The van der Waals surface area contributed by atoms with Crippen molar-refractivity contribution in [3.05, 3.63) is 35.9 Å². The highest BCUT2D eigenvalue weighted by atomic mass is 16.5. The van der Waals surface area contributed by atoms with Gasteiger partial charge in [-0.1, -0.05) is 30.3 Å². The molecule has 0 spiro atoms. The fourth-order valence-corrected chi connectivity index (χ4v) is 2.80. The zero-order valence-corrected chi connectivity index (χ0v) is 12.2. The lowest BCUT2D eigenvalue weighted by atomic mass is 9.95. The minimum atomic E-state index is -0.962. The van der Waals surface area contributed by atoms with Crippen LogP contribution in [0.2, 0.25) is 0 Å². The van der Waals surface area contributed by atoms with Crippen LogP contribution in [0, 0.1) is 0 Å². The molecule has 0 bridgehead atoms. The van der Waals surface area contributed by atoms with E-state index >= 15 is 0 Å². The molecule has 1 N–H and O–H groups in total. The standard InChI is InChI=1S/C16H23NO3/c1-3-20-15(18)14-10-7-11-17(14)12-16(2,19)13-8-5-4-6-9-13/h4-6,8-9,14,19H,3,7,10-12H2,1-2H3. The third kappa shape index (κ3) is 3.38. The molecule has 1 aliphatic heterocycles. The van der Waals surface area contributed by atoms with Crippen molar-refractivity contribution in [1.29, 1.82) is 0 Å². The van der Waals surface area contributed by atoms with Gasteiger partial charge in [-0.25, -0.2) is 0 Å². The number of hydrogen-bond donors (Lipinski definition) is 1. The number of carbonyl (C=O) groups is 1. The van der Waals surface area contributed by atoms with E-state index in [0.717, 1.165) is 24.9 Å². The maximum absolute atomic E-state index is 11.9. The first-order chi connectivity index (χ1) is 9.54. The summed E-state index contributed by atoms with van der Waals surface area (Å²) in [4.78, 5) is 14.0. The maximum Gasteiger partial charge on any atom is 0.323 e. The molecule has 0 aliphatic carbocycles. The van der Waals surface area contributed by atoms with Crippen molar-refractivity contribution in [1.82, 2.24) is 4.90 Å². The van der Waals surface area contributed by atoms with Crippen molar-refractivity contribution in [2.45, 2.75) is 38.3 Å². The number of nitrogens with zero attached hydrogens (tertiary/aromatic N) is 1. The number of rotatable bonds is 5. The molecule has 1 aromatic carbocycles. The molecule has 1 heterocycles. The van der Waals surface area contributed by atoms with Crippen molar-refractivity contribution < 1.29 is 14.6 Å². The van der Waals surface area contributed by atoms with E-state index in [-0.39, 0.29) is 12.0 Å². The summed E-state index contributed by atoms with van der Waals surface area (Å²) in [5.74, 6) is -0.172. The Balaban J connectivity index is 2.06. The van der Waals surface area contributed by atoms with Crippen molar-refractivity contribution in [3.63, 3.8) is 0 Å². The normalized spacial score (nSPS) is 22.4. The van der Waals surface area contributed by atoms with E-state index in [2.05, 4.69) is 0 Å². The molecule has 1 fully saturated rings.